The summed E-state index contributed by atoms with van der Waals surface area (Å²) in [6.07, 6.45) is 4.20. The third-order valence-electron chi connectivity index (χ3n) is 3.06. The van der Waals surface area contributed by atoms with Crippen LogP contribution in [0, 0.1) is 0 Å². The molecule has 1 heterocycles. The first-order valence-electron chi connectivity index (χ1n) is 6.06. The second kappa shape index (κ2) is 5.15. The lowest BCUT2D eigenvalue weighted by Crippen LogP contribution is -2.05. The highest BCUT2D eigenvalue weighted by Gasteiger charge is 2.08. The summed E-state index contributed by atoms with van der Waals surface area (Å²) in [6.45, 7) is 2.71. The molecule has 0 saturated carbocycles. The molecule has 0 aliphatic rings. The first kappa shape index (κ1) is 11.9. The van der Waals surface area contributed by atoms with Crippen molar-refractivity contribution < 1.29 is 0 Å². The zero-order valence-corrected chi connectivity index (χ0v) is 10.5. The third kappa shape index (κ3) is 2.39. The van der Waals surface area contributed by atoms with Gasteiger partial charge in [-0.15, -0.1) is 0 Å². The fourth-order valence-electron chi connectivity index (χ4n) is 2.09. The molecule has 0 aliphatic carbocycles. The van der Waals surface area contributed by atoms with E-state index in [1.54, 1.807) is 0 Å². The number of rotatable bonds is 4. The molecule has 2 rings (SSSR count). The van der Waals surface area contributed by atoms with Gasteiger partial charge in [0.15, 0.2) is 0 Å². The molecule has 17 heavy (non-hydrogen) atoms. The molecule has 0 radical (unpaired) electrons. The third-order valence-corrected chi connectivity index (χ3v) is 3.06. The zero-order valence-electron chi connectivity index (χ0n) is 10.5. The van der Waals surface area contributed by atoms with Crippen LogP contribution in [0.5, 0.6) is 0 Å². The quantitative estimate of drug-likeness (QED) is 0.875. The van der Waals surface area contributed by atoms with Crippen LogP contribution in [-0.2, 0) is 20.0 Å². The van der Waals surface area contributed by atoms with Gasteiger partial charge < -0.3 is 5.73 Å². The van der Waals surface area contributed by atoms with Gasteiger partial charge in [-0.1, -0.05) is 37.6 Å². The van der Waals surface area contributed by atoms with Gasteiger partial charge >= 0.3 is 0 Å². The molecule has 1 aromatic carbocycles. The smallest absolute Gasteiger partial charge is 0.0594 e. The van der Waals surface area contributed by atoms with Gasteiger partial charge in [0.25, 0.3) is 0 Å². The molecule has 0 unspecified atom stereocenters. The SMILES string of the molecule is CCCc1ccc(-c2cnn(C)c2CN)cc1. The van der Waals surface area contributed by atoms with Gasteiger partial charge in [-0.2, -0.15) is 5.10 Å². The van der Waals surface area contributed by atoms with E-state index in [1.807, 2.05) is 17.9 Å². The van der Waals surface area contributed by atoms with Crippen LogP contribution >= 0.6 is 0 Å². The maximum absolute atomic E-state index is 5.75. The summed E-state index contributed by atoms with van der Waals surface area (Å²) in [4.78, 5) is 0. The minimum atomic E-state index is 0.516. The lowest BCUT2D eigenvalue weighted by molar-refractivity contribution is 0.713. The summed E-state index contributed by atoms with van der Waals surface area (Å²) < 4.78 is 1.84. The molecular weight excluding hydrogens is 210 g/mol. The van der Waals surface area contributed by atoms with E-state index in [0.29, 0.717) is 6.54 Å². The van der Waals surface area contributed by atoms with Gasteiger partial charge in [-0.3, -0.25) is 4.68 Å². The van der Waals surface area contributed by atoms with Crippen molar-refractivity contribution in [3.05, 3.63) is 41.7 Å². The summed E-state index contributed by atoms with van der Waals surface area (Å²) in [5.74, 6) is 0. The molecule has 3 nitrogen and oxygen atoms in total. The number of aromatic nitrogens is 2. The predicted octanol–water partition coefficient (Wildman–Crippen LogP) is 2.50. The Kier molecular flexibility index (Phi) is 3.59. The van der Waals surface area contributed by atoms with Crippen molar-refractivity contribution in [1.82, 2.24) is 9.78 Å². The van der Waals surface area contributed by atoms with Gasteiger partial charge in [0.2, 0.25) is 0 Å². The molecule has 90 valence electrons. The molecule has 2 N–H and O–H groups in total. The summed E-state index contributed by atoms with van der Waals surface area (Å²) in [7, 11) is 1.93. The van der Waals surface area contributed by atoms with E-state index in [4.69, 9.17) is 5.73 Å². The van der Waals surface area contributed by atoms with Gasteiger partial charge in [0.05, 0.1) is 11.9 Å². The minimum Gasteiger partial charge on any atom is -0.325 e. The number of nitrogens with zero attached hydrogens (tertiary/aromatic N) is 2. The van der Waals surface area contributed by atoms with Crippen LogP contribution < -0.4 is 5.73 Å². The Balaban J connectivity index is 2.33. The van der Waals surface area contributed by atoms with E-state index >= 15 is 0 Å². The van der Waals surface area contributed by atoms with E-state index in [1.165, 1.54) is 17.5 Å². The largest absolute Gasteiger partial charge is 0.325 e. The van der Waals surface area contributed by atoms with Gasteiger partial charge in [0, 0.05) is 19.2 Å². The van der Waals surface area contributed by atoms with E-state index in [-0.39, 0.29) is 0 Å². The highest BCUT2D eigenvalue weighted by atomic mass is 15.3. The molecule has 0 atom stereocenters. The van der Waals surface area contributed by atoms with Crippen LogP contribution in [0.25, 0.3) is 11.1 Å². The van der Waals surface area contributed by atoms with Crippen LogP contribution in [0.4, 0.5) is 0 Å². The van der Waals surface area contributed by atoms with Crippen LogP contribution in [0.15, 0.2) is 30.5 Å². The second-order valence-corrected chi connectivity index (χ2v) is 4.28. The molecule has 1 aromatic heterocycles. The van der Waals surface area contributed by atoms with Crippen molar-refractivity contribution in [2.24, 2.45) is 12.8 Å². The van der Waals surface area contributed by atoms with E-state index < -0.39 is 0 Å². The van der Waals surface area contributed by atoms with Crippen LogP contribution in [0.1, 0.15) is 24.6 Å². The summed E-state index contributed by atoms with van der Waals surface area (Å²) >= 11 is 0. The summed E-state index contributed by atoms with van der Waals surface area (Å²) in [6, 6.07) is 8.68. The number of hydrogen-bond acceptors (Lipinski definition) is 2. The van der Waals surface area contributed by atoms with Crippen molar-refractivity contribution in [3.8, 4) is 11.1 Å². The zero-order chi connectivity index (χ0) is 12.3. The summed E-state index contributed by atoms with van der Waals surface area (Å²) in [5, 5.41) is 4.26. The number of nitrogens with two attached hydrogens (primary N) is 1. The standard InChI is InChI=1S/C14H19N3/c1-3-4-11-5-7-12(8-6-11)13-10-16-17(2)14(13)9-15/h5-8,10H,3-4,9,15H2,1-2H3. The fraction of sp³-hybridized carbons (Fsp3) is 0.357. The van der Waals surface area contributed by atoms with Crippen molar-refractivity contribution in [2.45, 2.75) is 26.3 Å². The van der Waals surface area contributed by atoms with Gasteiger partial charge in [-0.25, -0.2) is 0 Å². The summed E-state index contributed by atoms with van der Waals surface area (Å²) in [5.41, 5.74) is 10.5. The normalized spacial score (nSPS) is 10.8. The van der Waals surface area contributed by atoms with Gasteiger partial charge in [-0.05, 0) is 17.5 Å². The van der Waals surface area contributed by atoms with Crippen molar-refractivity contribution >= 4 is 0 Å². The molecular formula is C14H19N3. The van der Waals surface area contributed by atoms with Crippen molar-refractivity contribution in [3.63, 3.8) is 0 Å². The van der Waals surface area contributed by atoms with Crippen LogP contribution in [-0.4, -0.2) is 9.78 Å². The molecule has 0 saturated heterocycles. The fourth-order valence-corrected chi connectivity index (χ4v) is 2.09. The van der Waals surface area contributed by atoms with E-state index in [2.05, 4.69) is 36.3 Å². The number of benzene rings is 1. The van der Waals surface area contributed by atoms with Crippen molar-refractivity contribution in [2.75, 3.05) is 0 Å². The average molecular weight is 229 g/mol. The Morgan fingerprint density at radius 1 is 1.24 bits per heavy atom. The van der Waals surface area contributed by atoms with E-state index in [0.717, 1.165) is 17.7 Å². The molecule has 0 amide bonds. The second-order valence-electron chi connectivity index (χ2n) is 4.28. The van der Waals surface area contributed by atoms with E-state index in [9.17, 15) is 0 Å². The maximum atomic E-state index is 5.75. The van der Waals surface area contributed by atoms with Crippen molar-refractivity contribution in [1.29, 1.82) is 0 Å². The first-order chi connectivity index (χ1) is 8.26. The Bertz CT molecular complexity index is 483. The highest BCUT2D eigenvalue weighted by Crippen LogP contribution is 2.23. The Hall–Kier alpha value is -1.61. The molecule has 2 aromatic rings. The van der Waals surface area contributed by atoms with Crippen LogP contribution in [0.2, 0.25) is 0 Å². The average Bonchev–Trinajstić information content (AvgIpc) is 2.72. The minimum absolute atomic E-state index is 0.516. The Labute approximate surface area is 102 Å². The van der Waals surface area contributed by atoms with Crippen LogP contribution in [0.3, 0.4) is 0 Å². The molecule has 3 heteroatoms. The first-order valence-corrected chi connectivity index (χ1v) is 6.06. The lowest BCUT2D eigenvalue weighted by Gasteiger charge is -2.05. The highest BCUT2D eigenvalue weighted by molar-refractivity contribution is 5.65. The topological polar surface area (TPSA) is 43.8 Å². The molecule has 0 spiro atoms. The predicted molar refractivity (Wildman–Crippen MR) is 70.5 cm³/mol. The number of aryl methyl sites for hydroxylation is 2. The van der Waals surface area contributed by atoms with Gasteiger partial charge in [0.1, 0.15) is 0 Å². The maximum Gasteiger partial charge on any atom is 0.0594 e. The number of hydrogen-bond donors (Lipinski definition) is 1. The lowest BCUT2D eigenvalue weighted by atomic mass is 10.0. The Morgan fingerprint density at radius 2 is 1.94 bits per heavy atom. The Morgan fingerprint density at radius 3 is 2.53 bits per heavy atom. The molecule has 0 bridgehead atoms. The monoisotopic (exact) mass is 229 g/mol. The molecule has 0 aliphatic heterocycles. The molecule has 0 fully saturated rings.